The van der Waals surface area contributed by atoms with Crippen LogP contribution in [0, 0.1) is 5.41 Å². The van der Waals surface area contributed by atoms with Crippen LogP contribution in [0.25, 0.3) is 0 Å². The predicted octanol–water partition coefficient (Wildman–Crippen LogP) is 0.653. The fraction of sp³-hybridized carbons (Fsp3) is 0.917. The van der Waals surface area contributed by atoms with Crippen molar-refractivity contribution in [3.05, 3.63) is 0 Å². The molecule has 0 aliphatic heterocycles. The highest BCUT2D eigenvalue weighted by Gasteiger charge is 2.41. The fourth-order valence-corrected chi connectivity index (χ4v) is 1.58. The van der Waals surface area contributed by atoms with Gasteiger partial charge in [-0.3, -0.25) is 4.79 Å². The molecule has 16 heavy (non-hydrogen) atoms. The molecular formula is C12H24N2O2. The highest BCUT2D eigenvalue weighted by atomic mass is 16.3. The van der Waals surface area contributed by atoms with E-state index in [0.717, 1.165) is 25.8 Å². The summed E-state index contributed by atoms with van der Waals surface area (Å²) in [6.45, 7) is 5.91. The number of aliphatic hydroxyl groups is 1. The van der Waals surface area contributed by atoms with Gasteiger partial charge < -0.3 is 15.7 Å². The van der Waals surface area contributed by atoms with Gasteiger partial charge in [0.05, 0.1) is 6.61 Å². The minimum Gasteiger partial charge on any atom is -0.396 e. The van der Waals surface area contributed by atoms with Crippen LogP contribution in [0.2, 0.25) is 0 Å². The van der Waals surface area contributed by atoms with Crippen molar-refractivity contribution >= 4 is 5.91 Å². The summed E-state index contributed by atoms with van der Waals surface area (Å²) >= 11 is 0. The largest absolute Gasteiger partial charge is 0.396 e. The van der Waals surface area contributed by atoms with Crippen molar-refractivity contribution in [1.82, 2.24) is 10.6 Å². The molecule has 94 valence electrons. The van der Waals surface area contributed by atoms with E-state index in [9.17, 15) is 4.79 Å². The van der Waals surface area contributed by atoms with E-state index < -0.39 is 0 Å². The number of aliphatic hydroxyl groups excluding tert-OH is 1. The Morgan fingerprint density at radius 3 is 2.62 bits per heavy atom. The Kier molecular flexibility index (Phi) is 5.22. The zero-order chi connectivity index (χ0) is 12.0. The lowest BCUT2D eigenvalue weighted by atomic mass is 10.1. The molecule has 0 atom stereocenters. The maximum absolute atomic E-state index is 11.5. The monoisotopic (exact) mass is 228 g/mol. The molecule has 1 aliphatic rings. The lowest BCUT2D eigenvalue weighted by molar-refractivity contribution is -0.121. The minimum atomic E-state index is 0.0197. The molecule has 3 N–H and O–H groups in total. The van der Waals surface area contributed by atoms with Gasteiger partial charge in [-0.15, -0.1) is 0 Å². The van der Waals surface area contributed by atoms with Gasteiger partial charge in [-0.25, -0.2) is 0 Å². The molecule has 1 aliphatic carbocycles. The van der Waals surface area contributed by atoms with Gasteiger partial charge in [0.1, 0.15) is 0 Å². The first kappa shape index (κ1) is 13.5. The Balaban J connectivity index is 1.99. The van der Waals surface area contributed by atoms with Crippen LogP contribution in [0.5, 0.6) is 0 Å². The SMILES string of the molecule is CC(C)NCCCC(=O)NCC1(CO)CC1. The highest BCUT2D eigenvalue weighted by Crippen LogP contribution is 2.44. The normalized spacial score (nSPS) is 17.5. The number of nitrogens with one attached hydrogen (secondary N) is 2. The summed E-state index contributed by atoms with van der Waals surface area (Å²) in [7, 11) is 0. The Hall–Kier alpha value is -0.610. The molecule has 0 saturated heterocycles. The number of carbonyl (C=O) groups excluding carboxylic acids is 1. The number of hydrogen-bond donors (Lipinski definition) is 3. The second kappa shape index (κ2) is 6.21. The molecule has 1 saturated carbocycles. The Labute approximate surface area is 97.8 Å². The van der Waals surface area contributed by atoms with Crippen molar-refractivity contribution in [2.75, 3.05) is 19.7 Å². The van der Waals surface area contributed by atoms with E-state index in [1.165, 1.54) is 0 Å². The van der Waals surface area contributed by atoms with Crippen molar-refractivity contribution in [3.8, 4) is 0 Å². The van der Waals surface area contributed by atoms with Gasteiger partial charge >= 0.3 is 0 Å². The summed E-state index contributed by atoms with van der Waals surface area (Å²) < 4.78 is 0. The average Bonchev–Trinajstić information content (AvgIpc) is 3.02. The van der Waals surface area contributed by atoms with Gasteiger partial charge in [0, 0.05) is 24.4 Å². The van der Waals surface area contributed by atoms with E-state index in [1.807, 2.05) is 0 Å². The lowest BCUT2D eigenvalue weighted by Gasteiger charge is -2.13. The summed E-state index contributed by atoms with van der Waals surface area (Å²) in [5, 5.41) is 15.3. The van der Waals surface area contributed by atoms with Crippen molar-refractivity contribution in [3.63, 3.8) is 0 Å². The fourth-order valence-electron chi connectivity index (χ4n) is 1.58. The molecule has 0 radical (unpaired) electrons. The van der Waals surface area contributed by atoms with Gasteiger partial charge in [-0.05, 0) is 25.8 Å². The Morgan fingerprint density at radius 1 is 1.44 bits per heavy atom. The Morgan fingerprint density at radius 2 is 2.12 bits per heavy atom. The number of rotatable bonds is 8. The van der Waals surface area contributed by atoms with Crippen LogP contribution in [0.15, 0.2) is 0 Å². The molecule has 0 spiro atoms. The number of hydrogen-bond acceptors (Lipinski definition) is 3. The van der Waals surface area contributed by atoms with E-state index in [-0.39, 0.29) is 17.9 Å². The van der Waals surface area contributed by atoms with E-state index in [0.29, 0.717) is 19.0 Å². The second-order valence-electron chi connectivity index (χ2n) is 5.15. The van der Waals surface area contributed by atoms with Gasteiger partial charge in [0.15, 0.2) is 0 Å². The molecule has 4 heteroatoms. The summed E-state index contributed by atoms with van der Waals surface area (Å²) in [5.74, 6) is 0.102. The topological polar surface area (TPSA) is 61.4 Å². The van der Waals surface area contributed by atoms with Gasteiger partial charge in [0.25, 0.3) is 0 Å². The smallest absolute Gasteiger partial charge is 0.220 e. The van der Waals surface area contributed by atoms with Crippen LogP contribution in [0.4, 0.5) is 0 Å². The van der Waals surface area contributed by atoms with Crippen LogP contribution in [0.3, 0.4) is 0 Å². The number of carbonyl (C=O) groups is 1. The van der Waals surface area contributed by atoms with Crippen molar-refractivity contribution in [2.45, 2.75) is 45.6 Å². The zero-order valence-electron chi connectivity index (χ0n) is 10.4. The van der Waals surface area contributed by atoms with E-state index >= 15 is 0 Å². The van der Waals surface area contributed by atoms with Crippen LogP contribution < -0.4 is 10.6 Å². The lowest BCUT2D eigenvalue weighted by Crippen LogP contribution is -2.32. The average molecular weight is 228 g/mol. The summed E-state index contributed by atoms with van der Waals surface area (Å²) in [4.78, 5) is 11.5. The first-order chi connectivity index (χ1) is 7.58. The highest BCUT2D eigenvalue weighted by molar-refractivity contribution is 5.75. The zero-order valence-corrected chi connectivity index (χ0v) is 10.4. The summed E-state index contributed by atoms with van der Waals surface area (Å²) in [6, 6.07) is 0.479. The van der Waals surface area contributed by atoms with Gasteiger partial charge in [0.2, 0.25) is 5.91 Å². The van der Waals surface area contributed by atoms with Crippen molar-refractivity contribution < 1.29 is 9.90 Å². The first-order valence-corrected chi connectivity index (χ1v) is 6.19. The van der Waals surface area contributed by atoms with Gasteiger partial charge in [-0.1, -0.05) is 13.8 Å². The third kappa shape index (κ3) is 4.94. The van der Waals surface area contributed by atoms with Crippen LogP contribution in [-0.4, -0.2) is 36.8 Å². The molecule has 0 heterocycles. The van der Waals surface area contributed by atoms with Gasteiger partial charge in [-0.2, -0.15) is 0 Å². The molecule has 1 rings (SSSR count). The molecule has 1 fully saturated rings. The van der Waals surface area contributed by atoms with Crippen LogP contribution in [-0.2, 0) is 4.79 Å². The van der Waals surface area contributed by atoms with E-state index in [2.05, 4.69) is 24.5 Å². The third-order valence-electron chi connectivity index (χ3n) is 3.09. The minimum absolute atomic E-state index is 0.0197. The molecular weight excluding hydrogens is 204 g/mol. The third-order valence-corrected chi connectivity index (χ3v) is 3.09. The number of amides is 1. The molecule has 1 amide bonds. The van der Waals surface area contributed by atoms with Crippen LogP contribution >= 0.6 is 0 Å². The standard InChI is InChI=1S/C12H24N2O2/c1-10(2)13-7-3-4-11(16)14-8-12(9-15)5-6-12/h10,13,15H,3-9H2,1-2H3,(H,14,16). The maximum atomic E-state index is 11.5. The quantitative estimate of drug-likeness (QED) is 0.535. The summed E-state index contributed by atoms with van der Waals surface area (Å²) in [6.07, 6.45) is 3.52. The second-order valence-corrected chi connectivity index (χ2v) is 5.15. The van der Waals surface area contributed by atoms with E-state index in [4.69, 9.17) is 5.11 Å². The van der Waals surface area contributed by atoms with Crippen molar-refractivity contribution in [1.29, 1.82) is 0 Å². The predicted molar refractivity (Wildman–Crippen MR) is 64.1 cm³/mol. The van der Waals surface area contributed by atoms with E-state index in [1.54, 1.807) is 0 Å². The van der Waals surface area contributed by atoms with Crippen LogP contribution in [0.1, 0.15) is 39.5 Å². The maximum Gasteiger partial charge on any atom is 0.220 e. The first-order valence-electron chi connectivity index (χ1n) is 6.19. The summed E-state index contributed by atoms with van der Waals surface area (Å²) in [5.41, 5.74) is 0.0197. The molecule has 0 bridgehead atoms. The van der Waals surface area contributed by atoms with Crippen molar-refractivity contribution in [2.24, 2.45) is 5.41 Å². The molecule has 4 nitrogen and oxygen atoms in total. The molecule has 0 aromatic carbocycles. The molecule has 0 aromatic rings. The molecule has 0 unspecified atom stereocenters. The molecule has 0 aromatic heterocycles. The Bertz CT molecular complexity index is 225.